The van der Waals surface area contributed by atoms with E-state index < -0.39 is 10.0 Å². The number of hydrogen-bond acceptors (Lipinski definition) is 4. The van der Waals surface area contributed by atoms with Crippen molar-refractivity contribution in [2.24, 2.45) is 0 Å². The predicted octanol–water partition coefficient (Wildman–Crippen LogP) is 2.51. The molecule has 2 rings (SSSR count). The van der Waals surface area contributed by atoms with E-state index in [1.807, 2.05) is 0 Å². The lowest BCUT2D eigenvalue weighted by molar-refractivity contribution is 0.398. The quantitative estimate of drug-likeness (QED) is 0.814. The Morgan fingerprint density at radius 2 is 1.85 bits per heavy atom. The monoisotopic (exact) mass is 311 g/mol. The Kier molecular flexibility index (Phi) is 4.37. The van der Waals surface area contributed by atoms with E-state index in [1.54, 1.807) is 37.5 Å². The van der Waals surface area contributed by atoms with Crippen LogP contribution in [0.2, 0.25) is 5.15 Å². The highest BCUT2D eigenvalue weighted by molar-refractivity contribution is 7.89. The van der Waals surface area contributed by atoms with E-state index >= 15 is 0 Å². The molecule has 20 heavy (non-hydrogen) atoms. The fraction of sp³-hybridized carbons (Fsp3) is 0.231. The van der Waals surface area contributed by atoms with Gasteiger partial charge in [-0.25, -0.2) is 13.4 Å². The highest BCUT2D eigenvalue weighted by Crippen LogP contribution is 2.28. The molecule has 5 nitrogen and oxygen atoms in total. The summed E-state index contributed by atoms with van der Waals surface area (Å²) in [6.07, 6.45) is 4.71. The summed E-state index contributed by atoms with van der Waals surface area (Å²) in [6.45, 7) is 1.80. The molecule has 2 aromatic heterocycles. The van der Waals surface area contributed by atoms with Gasteiger partial charge in [-0.1, -0.05) is 11.6 Å². The number of nitrogens with zero attached hydrogens (tertiary/aromatic N) is 3. The zero-order valence-corrected chi connectivity index (χ0v) is 12.6. The zero-order valence-electron chi connectivity index (χ0n) is 11.1. The summed E-state index contributed by atoms with van der Waals surface area (Å²) in [5.74, 6) is 0. The van der Waals surface area contributed by atoms with Gasteiger partial charge < -0.3 is 0 Å². The Balaban J connectivity index is 2.38. The summed E-state index contributed by atoms with van der Waals surface area (Å²) < 4.78 is 26.4. The topological polar surface area (TPSA) is 63.2 Å². The lowest BCUT2D eigenvalue weighted by Crippen LogP contribution is -2.30. The van der Waals surface area contributed by atoms with E-state index in [2.05, 4.69) is 9.97 Å². The molecular formula is C13H14ClN3O2S. The van der Waals surface area contributed by atoms with Gasteiger partial charge in [0.05, 0.1) is 0 Å². The van der Waals surface area contributed by atoms with Crippen LogP contribution in [0.25, 0.3) is 0 Å². The molecule has 106 valence electrons. The van der Waals surface area contributed by atoms with Crippen molar-refractivity contribution < 1.29 is 8.42 Å². The summed E-state index contributed by atoms with van der Waals surface area (Å²) in [5, 5.41) is -0.0266. The molecule has 0 bridgehead atoms. The van der Waals surface area contributed by atoms with Gasteiger partial charge in [0.2, 0.25) is 10.0 Å². The number of halogens is 1. The average Bonchev–Trinajstić information content (AvgIpc) is 2.47. The molecule has 2 heterocycles. The Bertz CT molecular complexity index is 692. The molecule has 1 atom stereocenters. The predicted molar refractivity (Wildman–Crippen MR) is 76.8 cm³/mol. The minimum absolute atomic E-state index is 0.00470. The average molecular weight is 312 g/mol. The van der Waals surface area contributed by atoms with Gasteiger partial charge in [-0.05, 0) is 36.8 Å². The Morgan fingerprint density at radius 3 is 2.45 bits per heavy atom. The fourth-order valence-electron chi connectivity index (χ4n) is 1.78. The smallest absolute Gasteiger partial charge is 0.246 e. The molecule has 0 aliphatic rings. The number of aromatic nitrogens is 2. The maximum atomic E-state index is 12.6. The second kappa shape index (κ2) is 5.87. The fourth-order valence-corrected chi connectivity index (χ4v) is 3.56. The molecule has 0 aliphatic heterocycles. The molecule has 7 heteroatoms. The highest BCUT2D eigenvalue weighted by atomic mass is 35.5. The van der Waals surface area contributed by atoms with Crippen LogP contribution in [-0.2, 0) is 10.0 Å². The van der Waals surface area contributed by atoms with Crippen molar-refractivity contribution in [3.8, 4) is 0 Å². The molecule has 0 aliphatic carbocycles. The van der Waals surface area contributed by atoms with E-state index in [-0.39, 0.29) is 16.1 Å². The largest absolute Gasteiger partial charge is 0.265 e. The molecule has 0 amide bonds. The van der Waals surface area contributed by atoms with Gasteiger partial charge >= 0.3 is 0 Å². The molecule has 0 fully saturated rings. The molecule has 0 saturated heterocycles. The number of hydrogen-bond donors (Lipinski definition) is 0. The van der Waals surface area contributed by atoms with Crippen LogP contribution < -0.4 is 0 Å². The van der Waals surface area contributed by atoms with Crippen LogP contribution in [0.3, 0.4) is 0 Å². The van der Waals surface area contributed by atoms with Gasteiger partial charge in [0.15, 0.2) is 0 Å². The molecule has 0 aromatic carbocycles. The Morgan fingerprint density at radius 1 is 1.20 bits per heavy atom. The van der Waals surface area contributed by atoms with E-state index in [0.717, 1.165) is 5.56 Å². The summed E-state index contributed by atoms with van der Waals surface area (Å²) in [5.41, 5.74) is 0.853. The summed E-state index contributed by atoms with van der Waals surface area (Å²) in [6, 6.07) is 6.21. The van der Waals surface area contributed by atoms with Crippen LogP contribution in [0.5, 0.6) is 0 Å². The molecule has 0 radical (unpaired) electrons. The van der Waals surface area contributed by atoms with Crippen molar-refractivity contribution in [3.05, 3.63) is 53.6 Å². The number of rotatable bonds is 4. The Labute approximate surface area is 123 Å². The lowest BCUT2D eigenvalue weighted by Gasteiger charge is -2.24. The van der Waals surface area contributed by atoms with Crippen LogP contribution in [0, 0.1) is 0 Å². The van der Waals surface area contributed by atoms with Gasteiger partial charge in [-0.15, -0.1) is 0 Å². The number of sulfonamides is 1. The van der Waals surface area contributed by atoms with Crippen LogP contribution in [-0.4, -0.2) is 29.7 Å². The van der Waals surface area contributed by atoms with Crippen LogP contribution in [0.4, 0.5) is 0 Å². The van der Waals surface area contributed by atoms with Crippen molar-refractivity contribution in [1.82, 2.24) is 14.3 Å². The minimum Gasteiger partial charge on any atom is -0.265 e. The molecule has 1 unspecified atom stereocenters. The van der Waals surface area contributed by atoms with Crippen molar-refractivity contribution in [2.45, 2.75) is 17.9 Å². The first-order valence-electron chi connectivity index (χ1n) is 5.93. The highest BCUT2D eigenvalue weighted by Gasteiger charge is 2.28. The number of pyridine rings is 2. The van der Waals surface area contributed by atoms with E-state index in [9.17, 15) is 8.42 Å². The normalized spacial score (nSPS) is 13.4. The first-order valence-corrected chi connectivity index (χ1v) is 7.75. The second-order valence-electron chi connectivity index (χ2n) is 4.27. The van der Waals surface area contributed by atoms with Gasteiger partial charge in [0, 0.05) is 31.7 Å². The summed E-state index contributed by atoms with van der Waals surface area (Å²) in [4.78, 5) is 7.74. The maximum absolute atomic E-state index is 12.6. The van der Waals surface area contributed by atoms with Crippen LogP contribution in [0.15, 0.2) is 47.8 Å². The van der Waals surface area contributed by atoms with Crippen LogP contribution >= 0.6 is 11.6 Å². The van der Waals surface area contributed by atoms with E-state index in [4.69, 9.17) is 11.6 Å². The molecular weight excluding hydrogens is 298 g/mol. The third kappa shape index (κ3) is 2.82. The molecule has 0 N–H and O–H groups in total. The third-order valence-corrected chi connectivity index (χ3v) is 5.49. The van der Waals surface area contributed by atoms with Crippen molar-refractivity contribution in [3.63, 3.8) is 0 Å². The summed E-state index contributed by atoms with van der Waals surface area (Å²) in [7, 11) is -2.18. The molecule has 2 aromatic rings. The summed E-state index contributed by atoms with van der Waals surface area (Å²) >= 11 is 5.88. The first-order chi connectivity index (χ1) is 9.44. The Hall–Kier alpha value is -1.50. The lowest BCUT2D eigenvalue weighted by atomic mass is 10.1. The van der Waals surface area contributed by atoms with E-state index in [1.165, 1.54) is 23.6 Å². The van der Waals surface area contributed by atoms with Crippen molar-refractivity contribution in [1.29, 1.82) is 0 Å². The SMILES string of the molecule is CC(c1ccncc1)N(C)S(=O)(=O)c1cccnc1Cl. The second-order valence-corrected chi connectivity index (χ2v) is 6.59. The van der Waals surface area contributed by atoms with Gasteiger partial charge in [0.1, 0.15) is 10.0 Å². The maximum Gasteiger partial charge on any atom is 0.246 e. The van der Waals surface area contributed by atoms with Crippen molar-refractivity contribution in [2.75, 3.05) is 7.05 Å². The first kappa shape index (κ1) is 14.9. The van der Waals surface area contributed by atoms with Crippen LogP contribution in [0.1, 0.15) is 18.5 Å². The minimum atomic E-state index is -3.70. The molecule has 0 spiro atoms. The molecule has 0 saturated carbocycles. The standard InChI is InChI=1S/C13H14ClN3O2S/c1-10(11-5-8-15-9-6-11)17(2)20(18,19)12-4-3-7-16-13(12)14/h3-10H,1-2H3. The zero-order chi connectivity index (χ0) is 14.8. The van der Waals surface area contributed by atoms with Crippen molar-refractivity contribution >= 4 is 21.6 Å². The van der Waals surface area contributed by atoms with Gasteiger partial charge in [-0.2, -0.15) is 4.31 Å². The van der Waals surface area contributed by atoms with Gasteiger partial charge in [-0.3, -0.25) is 4.98 Å². The third-order valence-electron chi connectivity index (χ3n) is 3.12. The van der Waals surface area contributed by atoms with Gasteiger partial charge in [0.25, 0.3) is 0 Å². The van der Waals surface area contributed by atoms with E-state index in [0.29, 0.717) is 0 Å².